The van der Waals surface area contributed by atoms with Crippen LogP contribution in [0.4, 0.5) is 5.69 Å². The van der Waals surface area contributed by atoms with Gasteiger partial charge in [-0.25, -0.2) is 0 Å². The number of carbonyl (C=O) groups excluding carboxylic acids is 1. The standard InChI is InChI=1S/C22H16BrClN2OS2/c1-13-10-15(14(2)25(13)18-8-6-16(23)7-9-18)11-20-21(27)26(22(28)29-20)19-5-3-4-17(24)12-19/h3-12H,1-2H3/b20-11+. The maximum Gasteiger partial charge on any atom is 0.270 e. The Balaban J connectivity index is 1.70. The molecular weight excluding hydrogens is 488 g/mol. The highest BCUT2D eigenvalue weighted by atomic mass is 79.9. The fraction of sp³-hybridized carbons (Fsp3) is 0.0909. The molecule has 0 unspecified atom stereocenters. The van der Waals surface area contributed by atoms with E-state index in [4.69, 9.17) is 23.8 Å². The van der Waals surface area contributed by atoms with Crippen LogP contribution in [0.1, 0.15) is 17.0 Å². The molecule has 0 radical (unpaired) electrons. The molecule has 2 heterocycles. The minimum atomic E-state index is -0.129. The number of rotatable bonds is 3. The molecule has 29 heavy (non-hydrogen) atoms. The molecule has 146 valence electrons. The quantitative estimate of drug-likeness (QED) is 0.287. The van der Waals surface area contributed by atoms with Gasteiger partial charge in [-0.1, -0.05) is 57.6 Å². The van der Waals surface area contributed by atoms with Crippen LogP contribution in [0.5, 0.6) is 0 Å². The third-order valence-electron chi connectivity index (χ3n) is 4.70. The molecule has 0 N–H and O–H groups in total. The Labute approximate surface area is 192 Å². The Hall–Kier alpha value is -1.86. The lowest BCUT2D eigenvalue weighted by Gasteiger charge is -2.14. The first-order valence-electron chi connectivity index (χ1n) is 8.83. The Morgan fingerprint density at radius 2 is 1.79 bits per heavy atom. The van der Waals surface area contributed by atoms with Crippen molar-refractivity contribution in [2.75, 3.05) is 4.90 Å². The second-order valence-electron chi connectivity index (χ2n) is 6.64. The van der Waals surface area contributed by atoms with Gasteiger partial charge in [-0.2, -0.15) is 0 Å². The van der Waals surface area contributed by atoms with Crippen molar-refractivity contribution in [3.05, 3.63) is 85.9 Å². The lowest BCUT2D eigenvalue weighted by molar-refractivity contribution is -0.113. The van der Waals surface area contributed by atoms with Gasteiger partial charge in [-0.05, 0) is 74.0 Å². The van der Waals surface area contributed by atoms with Crippen LogP contribution < -0.4 is 4.90 Å². The van der Waals surface area contributed by atoms with Crippen molar-refractivity contribution in [1.82, 2.24) is 4.57 Å². The first-order chi connectivity index (χ1) is 13.8. The van der Waals surface area contributed by atoms with Crippen molar-refractivity contribution in [1.29, 1.82) is 0 Å². The molecule has 3 nitrogen and oxygen atoms in total. The number of carbonyl (C=O) groups is 1. The lowest BCUT2D eigenvalue weighted by atomic mass is 10.2. The zero-order chi connectivity index (χ0) is 20.7. The van der Waals surface area contributed by atoms with Gasteiger partial charge in [0, 0.05) is 26.6 Å². The first-order valence-corrected chi connectivity index (χ1v) is 11.2. The van der Waals surface area contributed by atoms with Crippen LogP contribution in [0, 0.1) is 13.8 Å². The van der Waals surface area contributed by atoms with E-state index in [2.05, 4.69) is 52.5 Å². The van der Waals surface area contributed by atoms with E-state index in [1.165, 1.54) is 16.7 Å². The average molecular weight is 504 g/mol. The molecule has 0 aliphatic carbocycles. The number of amides is 1. The van der Waals surface area contributed by atoms with Crippen molar-refractivity contribution in [3.8, 4) is 5.69 Å². The van der Waals surface area contributed by atoms with Crippen molar-refractivity contribution < 1.29 is 4.79 Å². The van der Waals surface area contributed by atoms with Gasteiger partial charge in [0.1, 0.15) is 0 Å². The summed E-state index contributed by atoms with van der Waals surface area (Å²) < 4.78 is 3.72. The summed E-state index contributed by atoms with van der Waals surface area (Å²) in [6.07, 6.45) is 1.92. The van der Waals surface area contributed by atoms with E-state index >= 15 is 0 Å². The van der Waals surface area contributed by atoms with E-state index in [0.29, 0.717) is 19.9 Å². The smallest absolute Gasteiger partial charge is 0.270 e. The number of halogens is 2. The molecule has 1 fully saturated rings. The highest BCUT2D eigenvalue weighted by molar-refractivity contribution is 9.10. The van der Waals surface area contributed by atoms with Crippen LogP contribution in [0.3, 0.4) is 0 Å². The normalized spacial score (nSPS) is 15.6. The number of anilines is 1. The van der Waals surface area contributed by atoms with Crippen molar-refractivity contribution in [2.45, 2.75) is 13.8 Å². The van der Waals surface area contributed by atoms with Crippen LogP contribution in [0.25, 0.3) is 11.8 Å². The minimum absolute atomic E-state index is 0.129. The van der Waals surface area contributed by atoms with Crippen molar-refractivity contribution >= 4 is 73.5 Å². The number of benzene rings is 2. The van der Waals surface area contributed by atoms with Crippen LogP contribution in [-0.4, -0.2) is 14.8 Å². The fourth-order valence-electron chi connectivity index (χ4n) is 3.37. The molecule has 4 rings (SSSR count). The molecule has 0 saturated carbocycles. The van der Waals surface area contributed by atoms with Gasteiger partial charge >= 0.3 is 0 Å². The predicted molar refractivity (Wildman–Crippen MR) is 130 cm³/mol. The maximum atomic E-state index is 13.0. The fourth-order valence-corrected chi connectivity index (χ4v) is 5.11. The van der Waals surface area contributed by atoms with Crippen LogP contribution in [-0.2, 0) is 4.79 Å². The third-order valence-corrected chi connectivity index (χ3v) is 6.77. The molecule has 1 aliphatic rings. The molecule has 1 saturated heterocycles. The number of thiocarbonyl (C=S) groups is 1. The lowest BCUT2D eigenvalue weighted by Crippen LogP contribution is -2.27. The largest absolute Gasteiger partial charge is 0.318 e. The maximum absolute atomic E-state index is 13.0. The van der Waals surface area contributed by atoms with E-state index in [-0.39, 0.29) is 5.91 Å². The number of hydrogen-bond donors (Lipinski definition) is 0. The summed E-state index contributed by atoms with van der Waals surface area (Å²) in [7, 11) is 0. The SMILES string of the molecule is Cc1cc(/C=C2/SC(=S)N(c3cccc(Cl)c3)C2=O)c(C)n1-c1ccc(Br)cc1. The van der Waals surface area contributed by atoms with Gasteiger partial charge in [0.25, 0.3) is 5.91 Å². The van der Waals surface area contributed by atoms with E-state index < -0.39 is 0 Å². The number of hydrogen-bond acceptors (Lipinski definition) is 3. The molecule has 0 spiro atoms. The summed E-state index contributed by atoms with van der Waals surface area (Å²) in [5.74, 6) is -0.129. The Kier molecular flexibility index (Phi) is 5.71. The van der Waals surface area contributed by atoms with Crippen molar-refractivity contribution in [3.63, 3.8) is 0 Å². The first kappa shape index (κ1) is 20.4. The van der Waals surface area contributed by atoms with Gasteiger partial charge in [-0.3, -0.25) is 9.69 Å². The van der Waals surface area contributed by atoms with Crippen molar-refractivity contribution in [2.24, 2.45) is 0 Å². The highest BCUT2D eigenvalue weighted by Crippen LogP contribution is 2.37. The molecule has 0 atom stereocenters. The topological polar surface area (TPSA) is 25.2 Å². The van der Waals surface area contributed by atoms with Gasteiger partial charge in [0.05, 0.1) is 10.6 Å². The number of aromatic nitrogens is 1. The van der Waals surface area contributed by atoms with Gasteiger partial charge in [-0.15, -0.1) is 0 Å². The third kappa shape index (κ3) is 3.94. The molecule has 1 aliphatic heterocycles. The molecule has 0 bridgehead atoms. The summed E-state index contributed by atoms with van der Waals surface area (Å²) in [5.41, 5.74) is 4.93. The van der Waals surface area contributed by atoms with E-state index in [0.717, 1.165) is 27.1 Å². The minimum Gasteiger partial charge on any atom is -0.318 e. The van der Waals surface area contributed by atoms with E-state index in [1.807, 2.05) is 30.3 Å². The Morgan fingerprint density at radius 1 is 1.07 bits per heavy atom. The second kappa shape index (κ2) is 8.11. The summed E-state index contributed by atoms with van der Waals surface area (Å²) in [4.78, 5) is 15.2. The second-order valence-corrected chi connectivity index (χ2v) is 9.66. The van der Waals surface area contributed by atoms with Crippen LogP contribution in [0.2, 0.25) is 5.02 Å². The Bertz CT molecular complexity index is 1170. The zero-order valence-electron chi connectivity index (χ0n) is 15.6. The average Bonchev–Trinajstić information content (AvgIpc) is 3.11. The summed E-state index contributed by atoms with van der Waals surface area (Å²) in [6, 6.07) is 17.4. The van der Waals surface area contributed by atoms with Gasteiger partial charge in [0.15, 0.2) is 4.32 Å². The molecule has 1 amide bonds. The monoisotopic (exact) mass is 502 g/mol. The van der Waals surface area contributed by atoms with Crippen LogP contribution in [0.15, 0.2) is 64.0 Å². The Morgan fingerprint density at radius 3 is 2.48 bits per heavy atom. The highest BCUT2D eigenvalue weighted by Gasteiger charge is 2.33. The molecular formula is C22H16BrClN2OS2. The van der Waals surface area contributed by atoms with Gasteiger partial charge in [0.2, 0.25) is 0 Å². The van der Waals surface area contributed by atoms with E-state index in [1.54, 1.807) is 12.1 Å². The molecule has 2 aromatic carbocycles. The zero-order valence-corrected chi connectivity index (χ0v) is 19.6. The summed E-state index contributed by atoms with van der Waals surface area (Å²) >= 11 is 16.3. The molecule has 7 heteroatoms. The molecule has 3 aromatic rings. The molecule has 1 aromatic heterocycles. The summed E-state index contributed by atoms with van der Waals surface area (Å²) in [5, 5.41) is 0.568. The predicted octanol–water partition coefficient (Wildman–Crippen LogP) is 6.92. The van der Waals surface area contributed by atoms with Crippen LogP contribution >= 0.6 is 51.5 Å². The van der Waals surface area contributed by atoms with Gasteiger partial charge < -0.3 is 4.57 Å². The van der Waals surface area contributed by atoms with E-state index in [9.17, 15) is 4.79 Å². The summed E-state index contributed by atoms with van der Waals surface area (Å²) in [6.45, 7) is 4.11. The number of aryl methyl sites for hydroxylation is 1. The number of nitrogens with zero attached hydrogens (tertiary/aromatic N) is 2. The number of thioether (sulfide) groups is 1.